The van der Waals surface area contributed by atoms with Crippen molar-refractivity contribution in [1.29, 1.82) is 0 Å². The van der Waals surface area contributed by atoms with E-state index in [9.17, 15) is 9.59 Å². The smallest absolute Gasteiger partial charge is 0.343 e. The number of rotatable bonds is 7. The maximum absolute atomic E-state index is 12.0. The third-order valence-electron chi connectivity index (χ3n) is 3.34. The molecule has 1 aliphatic carbocycles. The minimum absolute atomic E-state index is 0.314. The van der Waals surface area contributed by atoms with E-state index in [1.54, 1.807) is 42.5 Å². The molecular formula is C18H20O4. The maximum atomic E-state index is 12.0. The van der Waals surface area contributed by atoms with Crippen LogP contribution in [0.3, 0.4) is 0 Å². The van der Waals surface area contributed by atoms with E-state index in [0.717, 1.165) is 19.3 Å². The Morgan fingerprint density at radius 1 is 1.14 bits per heavy atom. The molecule has 0 spiro atoms. The molecule has 1 aromatic carbocycles. The summed E-state index contributed by atoms with van der Waals surface area (Å²) in [6.07, 6.45) is 7.95. The lowest BCUT2D eigenvalue weighted by molar-refractivity contribution is -0.146. The quantitative estimate of drug-likeness (QED) is 0.570. The number of esters is 2. The predicted octanol–water partition coefficient (Wildman–Crippen LogP) is 3.65. The number of allylic oxidation sites excluding steroid dienone is 2. The number of hydrogen-bond acceptors (Lipinski definition) is 4. The summed E-state index contributed by atoms with van der Waals surface area (Å²) in [6, 6.07) is 8.69. The molecule has 1 aliphatic rings. The zero-order valence-corrected chi connectivity index (χ0v) is 12.7. The van der Waals surface area contributed by atoms with Crippen LogP contribution in [0.4, 0.5) is 0 Å². The second-order valence-electron chi connectivity index (χ2n) is 5.06. The molecule has 0 heterocycles. The first kappa shape index (κ1) is 16.0. The molecule has 1 atom stereocenters. The summed E-state index contributed by atoms with van der Waals surface area (Å²) in [5, 5.41) is 0. The summed E-state index contributed by atoms with van der Waals surface area (Å²) >= 11 is 0. The number of carbonyl (C=O) groups is 2. The molecular weight excluding hydrogens is 280 g/mol. The monoisotopic (exact) mass is 300 g/mol. The topological polar surface area (TPSA) is 52.6 Å². The van der Waals surface area contributed by atoms with E-state index in [1.807, 2.05) is 6.07 Å². The van der Waals surface area contributed by atoms with Crippen molar-refractivity contribution in [3.05, 3.63) is 59.9 Å². The van der Waals surface area contributed by atoms with Gasteiger partial charge in [0.2, 0.25) is 0 Å². The van der Waals surface area contributed by atoms with Gasteiger partial charge in [0.05, 0.1) is 12.2 Å². The maximum Gasteiger partial charge on any atom is 0.343 e. The van der Waals surface area contributed by atoms with Crippen molar-refractivity contribution in [3.8, 4) is 0 Å². The van der Waals surface area contributed by atoms with Gasteiger partial charge >= 0.3 is 11.9 Å². The second-order valence-corrected chi connectivity index (χ2v) is 5.06. The van der Waals surface area contributed by atoms with E-state index in [0.29, 0.717) is 17.9 Å². The highest BCUT2D eigenvalue weighted by atomic mass is 16.6. The molecule has 22 heavy (non-hydrogen) atoms. The average molecular weight is 300 g/mol. The van der Waals surface area contributed by atoms with Crippen LogP contribution in [0.1, 0.15) is 36.5 Å². The van der Waals surface area contributed by atoms with Gasteiger partial charge in [-0.25, -0.2) is 4.79 Å². The molecule has 0 aromatic heterocycles. The van der Waals surface area contributed by atoms with Crippen LogP contribution in [-0.2, 0) is 14.3 Å². The van der Waals surface area contributed by atoms with Gasteiger partial charge in [-0.3, -0.25) is 4.79 Å². The number of ether oxygens (including phenoxy) is 2. The lowest BCUT2D eigenvalue weighted by Crippen LogP contribution is -2.20. The van der Waals surface area contributed by atoms with Gasteiger partial charge in [0.25, 0.3) is 0 Å². The highest BCUT2D eigenvalue weighted by Gasteiger charge is 2.27. The SMILES string of the molecule is CCCCCOC(=O)C1C=CC=C1OC(=O)c1ccccc1. The Labute approximate surface area is 130 Å². The van der Waals surface area contributed by atoms with Gasteiger partial charge in [0.15, 0.2) is 0 Å². The van der Waals surface area contributed by atoms with E-state index < -0.39 is 11.9 Å². The van der Waals surface area contributed by atoms with Gasteiger partial charge in [0, 0.05) is 0 Å². The van der Waals surface area contributed by atoms with Crippen molar-refractivity contribution < 1.29 is 19.1 Å². The Bertz CT molecular complexity index is 572. The fourth-order valence-corrected chi connectivity index (χ4v) is 2.11. The third-order valence-corrected chi connectivity index (χ3v) is 3.34. The van der Waals surface area contributed by atoms with Gasteiger partial charge in [-0.15, -0.1) is 0 Å². The Morgan fingerprint density at radius 3 is 2.64 bits per heavy atom. The van der Waals surface area contributed by atoms with Crippen molar-refractivity contribution in [2.45, 2.75) is 26.2 Å². The highest BCUT2D eigenvalue weighted by Crippen LogP contribution is 2.23. The largest absolute Gasteiger partial charge is 0.465 e. The summed E-state index contributed by atoms with van der Waals surface area (Å²) < 4.78 is 10.5. The molecule has 4 heteroatoms. The molecule has 0 amide bonds. The first-order chi connectivity index (χ1) is 10.7. The zero-order chi connectivity index (χ0) is 15.8. The molecule has 116 valence electrons. The average Bonchev–Trinajstić information content (AvgIpc) is 3.00. The van der Waals surface area contributed by atoms with Crippen LogP contribution in [0.5, 0.6) is 0 Å². The molecule has 0 radical (unpaired) electrons. The molecule has 1 aromatic rings. The minimum Gasteiger partial charge on any atom is -0.465 e. The molecule has 1 unspecified atom stereocenters. The van der Waals surface area contributed by atoms with Gasteiger partial charge in [-0.2, -0.15) is 0 Å². The molecule has 0 saturated heterocycles. The van der Waals surface area contributed by atoms with E-state index in [2.05, 4.69) is 6.92 Å². The zero-order valence-electron chi connectivity index (χ0n) is 12.7. The van der Waals surface area contributed by atoms with E-state index in [-0.39, 0.29) is 5.97 Å². The highest BCUT2D eigenvalue weighted by molar-refractivity contribution is 5.91. The summed E-state index contributed by atoms with van der Waals surface area (Å²) in [7, 11) is 0. The van der Waals surface area contributed by atoms with Crippen molar-refractivity contribution in [1.82, 2.24) is 0 Å². The normalized spacial score (nSPS) is 16.2. The van der Waals surface area contributed by atoms with Crippen LogP contribution in [0, 0.1) is 5.92 Å². The van der Waals surface area contributed by atoms with Crippen molar-refractivity contribution in [2.24, 2.45) is 5.92 Å². The van der Waals surface area contributed by atoms with Crippen LogP contribution in [0.2, 0.25) is 0 Å². The van der Waals surface area contributed by atoms with E-state index in [1.165, 1.54) is 0 Å². The summed E-state index contributed by atoms with van der Waals surface area (Å²) in [4.78, 5) is 24.1. The van der Waals surface area contributed by atoms with Gasteiger partial charge in [0.1, 0.15) is 11.7 Å². The fourth-order valence-electron chi connectivity index (χ4n) is 2.11. The Morgan fingerprint density at radius 2 is 1.91 bits per heavy atom. The van der Waals surface area contributed by atoms with Crippen molar-refractivity contribution >= 4 is 11.9 Å². The third kappa shape index (κ3) is 4.32. The predicted molar refractivity (Wildman–Crippen MR) is 83.1 cm³/mol. The van der Waals surface area contributed by atoms with Crippen molar-refractivity contribution in [3.63, 3.8) is 0 Å². The minimum atomic E-state index is -0.630. The molecule has 0 bridgehead atoms. The van der Waals surface area contributed by atoms with E-state index >= 15 is 0 Å². The molecule has 2 rings (SSSR count). The first-order valence-corrected chi connectivity index (χ1v) is 7.54. The fraction of sp³-hybridized carbons (Fsp3) is 0.333. The van der Waals surface area contributed by atoms with Gasteiger partial charge < -0.3 is 9.47 Å². The number of hydrogen-bond donors (Lipinski definition) is 0. The van der Waals surface area contributed by atoms with Crippen LogP contribution < -0.4 is 0 Å². The van der Waals surface area contributed by atoms with Gasteiger partial charge in [-0.1, -0.05) is 50.1 Å². The summed E-state index contributed by atoms with van der Waals surface area (Å²) in [5.41, 5.74) is 0.449. The Hall–Kier alpha value is -2.36. The summed E-state index contributed by atoms with van der Waals surface area (Å²) in [5.74, 6) is -1.17. The van der Waals surface area contributed by atoms with Crippen molar-refractivity contribution in [2.75, 3.05) is 6.61 Å². The van der Waals surface area contributed by atoms with Crippen LogP contribution >= 0.6 is 0 Å². The van der Waals surface area contributed by atoms with Crippen LogP contribution in [0.25, 0.3) is 0 Å². The van der Waals surface area contributed by atoms with E-state index in [4.69, 9.17) is 9.47 Å². The molecule has 0 aliphatic heterocycles. The number of carbonyl (C=O) groups excluding carboxylic acids is 2. The lowest BCUT2D eigenvalue weighted by atomic mass is 10.1. The molecule has 0 fully saturated rings. The standard InChI is InChI=1S/C18H20O4/c1-2-3-7-13-21-18(20)15-11-8-12-16(15)22-17(19)14-9-5-4-6-10-14/h4-6,8-12,15H,2-3,7,13H2,1H3. The molecule has 0 saturated carbocycles. The first-order valence-electron chi connectivity index (χ1n) is 7.54. The number of unbranched alkanes of at least 4 members (excludes halogenated alkanes) is 2. The lowest BCUT2D eigenvalue weighted by Gasteiger charge is -2.13. The second kappa shape index (κ2) is 8.17. The van der Waals surface area contributed by atoms with Gasteiger partial charge in [-0.05, 0) is 24.6 Å². The molecule has 4 nitrogen and oxygen atoms in total. The molecule has 0 N–H and O–H groups in total. The van der Waals surface area contributed by atoms with Crippen LogP contribution in [-0.4, -0.2) is 18.5 Å². The van der Waals surface area contributed by atoms with Crippen LogP contribution in [0.15, 0.2) is 54.3 Å². The summed E-state index contributed by atoms with van der Waals surface area (Å²) in [6.45, 7) is 2.49. The Balaban J connectivity index is 1.89. The number of benzene rings is 1. The Kier molecular flexibility index (Phi) is 5.95.